The number of benzene rings is 1. The monoisotopic (exact) mass is 230 g/mol. The summed E-state index contributed by atoms with van der Waals surface area (Å²) in [6.07, 6.45) is 0. The maximum absolute atomic E-state index is 13.1. The van der Waals surface area contributed by atoms with Crippen LogP contribution in [0.3, 0.4) is 0 Å². The normalized spacial score (nSPS) is 12.4. The fourth-order valence-corrected chi connectivity index (χ4v) is 1.18. The Hall–Kier alpha value is -1.56. The van der Waals surface area contributed by atoms with Crippen LogP contribution in [0, 0.1) is 21.7 Å². The highest BCUT2D eigenvalue weighted by Crippen LogP contribution is 2.11. The van der Waals surface area contributed by atoms with Gasteiger partial charge in [0.15, 0.2) is 0 Å². The first-order valence-corrected chi connectivity index (χ1v) is 4.79. The lowest BCUT2D eigenvalue weighted by Crippen LogP contribution is -2.30. The fourth-order valence-electron chi connectivity index (χ4n) is 1.18. The Kier molecular flexibility index (Phi) is 4.30. The maximum atomic E-state index is 13.1. The first-order valence-electron chi connectivity index (χ1n) is 4.79. The molecule has 0 saturated carbocycles. The van der Waals surface area contributed by atoms with Crippen molar-refractivity contribution in [3.63, 3.8) is 0 Å². The van der Waals surface area contributed by atoms with E-state index in [4.69, 9.17) is 0 Å². The molecule has 0 amide bonds. The summed E-state index contributed by atoms with van der Waals surface area (Å²) in [5.41, 5.74) is -0.0990. The molecule has 0 spiro atoms. The number of halogens is 2. The summed E-state index contributed by atoms with van der Waals surface area (Å²) in [5, 5.41) is 12.9. The number of hydrogen-bond acceptors (Lipinski definition) is 3. The van der Waals surface area contributed by atoms with E-state index in [1.165, 1.54) is 13.0 Å². The molecular weight excluding hydrogens is 218 g/mol. The highest BCUT2D eigenvalue weighted by Gasteiger charge is 2.13. The van der Waals surface area contributed by atoms with Gasteiger partial charge < -0.3 is 5.32 Å². The number of rotatable bonds is 5. The van der Waals surface area contributed by atoms with Gasteiger partial charge in [-0.05, 0) is 12.1 Å². The molecule has 0 aliphatic heterocycles. The van der Waals surface area contributed by atoms with Gasteiger partial charge in [-0.3, -0.25) is 10.1 Å². The van der Waals surface area contributed by atoms with E-state index < -0.39 is 22.6 Å². The average Bonchev–Trinajstić information content (AvgIpc) is 2.22. The number of nitrogens with zero attached hydrogens (tertiary/aromatic N) is 1. The Bertz CT molecular complexity index is 365. The summed E-state index contributed by atoms with van der Waals surface area (Å²) in [4.78, 5) is 9.84. The number of nitro groups is 1. The molecule has 1 aromatic carbocycles. The molecule has 0 saturated heterocycles. The average molecular weight is 230 g/mol. The lowest BCUT2D eigenvalue weighted by Gasteiger charge is -2.07. The van der Waals surface area contributed by atoms with Crippen molar-refractivity contribution in [1.29, 1.82) is 0 Å². The van der Waals surface area contributed by atoms with E-state index in [-0.39, 0.29) is 18.7 Å². The van der Waals surface area contributed by atoms with Gasteiger partial charge in [0.1, 0.15) is 11.6 Å². The van der Waals surface area contributed by atoms with E-state index in [1.54, 1.807) is 0 Å². The van der Waals surface area contributed by atoms with Crippen molar-refractivity contribution in [2.24, 2.45) is 0 Å². The minimum Gasteiger partial charge on any atom is -0.306 e. The molecule has 0 radical (unpaired) electrons. The lowest BCUT2D eigenvalue weighted by molar-refractivity contribution is -0.515. The van der Waals surface area contributed by atoms with Crippen molar-refractivity contribution < 1.29 is 13.7 Å². The summed E-state index contributed by atoms with van der Waals surface area (Å²) in [7, 11) is 0. The van der Waals surface area contributed by atoms with Gasteiger partial charge >= 0.3 is 0 Å². The van der Waals surface area contributed by atoms with Gasteiger partial charge in [0.05, 0.1) is 6.54 Å². The summed E-state index contributed by atoms with van der Waals surface area (Å²) in [6, 6.07) is 2.79. The standard InChI is InChI=1S/C10H12F2N2O2/c1-7(14(15)16)5-13-6-8-9(11)3-2-4-10(8)12/h2-4,7,13H,5-6H2,1H3. The van der Waals surface area contributed by atoms with Crippen LogP contribution in [0.1, 0.15) is 12.5 Å². The Balaban J connectivity index is 2.52. The highest BCUT2D eigenvalue weighted by molar-refractivity contribution is 5.19. The molecule has 0 aliphatic carbocycles. The van der Waals surface area contributed by atoms with Crippen molar-refractivity contribution in [2.45, 2.75) is 19.5 Å². The highest BCUT2D eigenvalue weighted by atomic mass is 19.1. The van der Waals surface area contributed by atoms with Gasteiger partial charge in [-0.2, -0.15) is 0 Å². The summed E-state index contributed by atoms with van der Waals surface area (Å²) in [5.74, 6) is -1.30. The third kappa shape index (κ3) is 3.23. The number of nitrogens with one attached hydrogen (secondary N) is 1. The fraction of sp³-hybridized carbons (Fsp3) is 0.400. The smallest absolute Gasteiger partial charge is 0.222 e. The van der Waals surface area contributed by atoms with Gasteiger partial charge in [-0.15, -0.1) is 0 Å². The molecule has 0 fully saturated rings. The Morgan fingerprint density at radius 3 is 2.50 bits per heavy atom. The van der Waals surface area contributed by atoms with Crippen LogP contribution in [0.25, 0.3) is 0 Å². The second-order valence-corrected chi connectivity index (χ2v) is 3.47. The third-order valence-corrected chi connectivity index (χ3v) is 2.16. The predicted molar refractivity (Wildman–Crippen MR) is 54.5 cm³/mol. The molecule has 0 bridgehead atoms. The van der Waals surface area contributed by atoms with Crippen LogP contribution >= 0.6 is 0 Å². The first kappa shape index (κ1) is 12.5. The van der Waals surface area contributed by atoms with Gasteiger partial charge in [0, 0.05) is 24.0 Å². The van der Waals surface area contributed by atoms with Gasteiger partial charge in [0.2, 0.25) is 6.04 Å². The van der Waals surface area contributed by atoms with Crippen LogP contribution in [0.5, 0.6) is 0 Å². The van der Waals surface area contributed by atoms with E-state index >= 15 is 0 Å². The van der Waals surface area contributed by atoms with Crippen LogP contribution < -0.4 is 5.32 Å². The Morgan fingerprint density at radius 2 is 2.00 bits per heavy atom. The topological polar surface area (TPSA) is 55.2 Å². The minimum atomic E-state index is -0.783. The third-order valence-electron chi connectivity index (χ3n) is 2.16. The van der Waals surface area contributed by atoms with Crippen LogP contribution in [0.4, 0.5) is 8.78 Å². The summed E-state index contributed by atoms with van der Waals surface area (Å²) < 4.78 is 26.2. The zero-order chi connectivity index (χ0) is 12.1. The molecule has 1 unspecified atom stereocenters. The molecule has 6 heteroatoms. The Labute approximate surface area is 91.4 Å². The maximum Gasteiger partial charge on any atom is 0.222 e. The van der Waals surface area contributed by atoms with Crippen LogP contribution in [0.2, 0.25) is 0 Å². The molecule has 1 aromatic rings. The van der Waals surface area contributed by atoms with E-state index in [0.29, 0.717) is 0 Å². The van der Waals surface area contributed by atoms with Crippen molar-refractivity contribution >= 4 is 0 Å². The van der Waals surface area contributed by atoms with Gasteiger partial charge in [-0.25, -0.2) is 8.78 Å². The molecular formula is C10H12F2N2O2. The Morgan fingerprint density at radius 1 is 1.44 bits per heavy atom. The molecule has 0 heterocycles. The van der Waals surface area contributed by atoms with E-state index in [0.717, 1.165) is 12.1 Å². The molecule has 16 heavy (non-hydrogen) atoms. The molecule has 88 valence electrons. The van der Waals surface area contributed by atoms with Crippen molar-refractivity contribution in [2.75, 3.05) is 6.54 Å². The van der Waals surface area contributed by atoms with Crippen molar-refractivity contribution in [3.8, 4) is 0 Å². The SMILES string of the molecule is CC(CNCc1c(F)cccc1F)[N+](=O)[O-]. The minimum absolute atomic E-state index is 0.0588. The first-order chi connectivity index (χ1) is 7.52. The molecule has 1 N–H and O–H groups in total. The van der Waals surface area contributed by atoms with Gasteiger partial charge in [0.25, 0.3) is 0 Å². The molecule has 4 nitrogen and oxygen atoms in total. The van der Waals surface area contributed by atoms with Crippen LogP contribution in [0.15, 0.2) is 18.2 Å². The molecule has 0 aliphatic rings. The van der Waals surface area contributed by atoms with E-state index in [2.05, 4.69) is 5.32 Å². The largest absolute Gasteiger partial charge is 0.306 e. The van der Waals surface area contributed by atoms with Crippen LogP contribution in [-0.4, -0.2) is 17.5 Å². The predicted octanol–water partition coefficient (Wildman–Crippen LogP) is 1.72. The van der Waals surface area contributed by atoms with Crippen molar-refractivity contribution in [3.05, 3.63) is 45.5 Å². The second kappa shape index (κ2) is 5.50. The van der Waals surface area contributed by atoms with E-state index in [1.807, 2.05) is 0 Å². The second-order valence-electron chi connectivity index (χ2n) is 3.47. The molecule has 0 aromatic heterocycles. The van der Waals surface area contributed by atoms with Crippen LogP contribution in [-0.2, 0) is 6.54 Å². The summed E-state index contributed by atoms with van der Waals surface area (Å²) in [6.45, 7) is 1.43. The van der Waals surface area contributed by atoms with Crippen molar-refractivity contribution in [1.82, 2.24) is 5.32 Å². The number of hydrogen-bond donors (Lipinski definition) is 1. The summed E-state index contributed by atoms with van der Waals surface area (Å²) >= 11 is 0. The zero-order valence-corrected chi connectivity index (χ0v) is 8.74. The molecule has 1 atom stereocenters. The van der Waals surface area contributed by atoms with Gasteiger partial charge in [-0.1, -0.05) is 6.07 Å². The van der Waals surface area contributed by atoms with E-state index in [9.17, 15) is 18.9 Å². The zero-order valence-electron chi connectivity index (χ0n) is 8.74. The quantitative estimate of drug-likeness (QED) is 0.619. The lowest BCUT2D eigenvalue weighted by atomic mass is 10.2. The molecule has 1 rings (SSSR count).